The van der Waals surface area contributed by atoms with Crippen molar-refractivity contribution in [3.63, 3.8) is 0 Å². The van der Waals surface area contributed by atoms with Gasteiger partial charge in [-0.2, -0.15) is 8.42 Å². The van der Waals surface area contributed by atoms with Gasteiger partial charge in [-0.3, -0.25) is 4.18 Å². The first-order valence-corrected chi connectivity index (χ1v) is 9.55. The lowest BCUT2D eigenvalue weighted by Gasteiger charge is -2.38. The van der Waals surface area contributed by atoms with E-state index >= 15 is 0 Å². The second-order valence-corrected chi connectivity index (χ2v) is 7.58. The van der Waals surface area contributed by atoms with Crippen LogP contribution in [0, 0.1) is 5.92 Å². The van der Waals surface area contributed by atoms with Gasteiger partial charge in [-0.15, -0.1) is 0 Å². The quantitative estimate of drug-likeness (QED) is 0.826. The van der Waals surface area contributed by atoms with Crippen molar-refractivity contribution in [3.8, 4) is 0 Å². The Morgan fingerprint density at radius 3 is 1.78 bits per heavy atom. The minimum atomic E-state index is -3.53. The normalized spacial score (nSPS) is 17.0. The van der Waals surface area contributed by atoms with Gasteiger partial charge in [-0.05, 0) is 11.1 Å². The van der Waals surface area contributed by atoms with Crippen LogP contribution < -0.4 is 5.32 Å². The molecule has 1 fully saturated rings. The Balaban J connectivity index is 2.04. The molecule has 0 aromatic heterocycles. The number of benzene rings is 2. The fourth-order valence-corrected chi connectivity index (χ4v) is 3.72. The molecule has 2 aromatic rings. The van der Waals surface area contributed by atoms with E-state index in [1.54, 1.807) is 0 Å². The van der Waals surface area contributed by atoms with Crippen molar-refractivity contribution in [2.75, 3.05) is 19.3 Å². The Bertz CT molecular complexity index is 688. The molecule has 2 aromatic carbocycles. The van der Waals surface area contributed by atoms with E-state index in [-0.39, 0.29) is 11.8 Å². The number of hydrogen-bond acceptors (Lipinski definition) is 4. The van der Waals surface area contributed by atoms with E-state index in [1.807, 2.05) is 60.7 Å². The molecule has 0 radical (unpaired) electrons. The highest BCUT2D eigenvalue weighted by Crippen LogP contribution is 2.35. The van der Waals surface area contributed by atoms with Crippen molar-refractivity contribution in [2.24, 2.45) is 5.92 Å². The van der Waals surface area contributed by atoms with Gasteiger partial charge in [0.05, 0.1) is 12.4 Å². The van der Waals surface area contributed by atoms with Gasteiger partial charge in [0.15, 0.2) is 0 Å². The molecular formula is C18H21NO3S. The van der Waals surface area contributed by atoms with Crippen LogP contribution in [0.3, 0.4) is 0 Å². The van der Waals surface area contributed by atoms with Crippen LogP contribution in [0.15, 0.2) is 60.7 Å². The van der Waals surface area contributed by atoms with Gasteiger partial charge < -0.3 is 5.32 Å². The van der Waals surface area contributed by atoms with Gasteiger partial charge in [-0.25, -0.2) is 0 Å². The molecule has 1 atom stereocenters. The molecule has 0 spiro atoms. The summed E-state index contributed by atoms with van der Waals surface area (Å²) in [6.45, 7) is 1.55. The Kier molecular flexibility index (Phi) is 4.80. The van der Waals surface area contributed by atoms with Crippen LogP contribution in [-0.2, 0) is 14.3 Å². The van der Waals surface area contributed by atoms with Crippen molar-refractivity contribution >= 4 is 10.1 Å². The standard InChI is InChI=1S/C18H21NO3S/c1-23(20,21)22-18(16-12-19-13-16)17(14-8-4-2-5-9-14)15-10-6-3-7-11-15/h2-11,16-19H,12-13H2,1H3. The lowest BCUT2D eigenvalue weighted by molar-refractivity contribution is 0.0921. The van der Waals surface area contributed by atoms with Crippen molar-refractivity contribution in [1.29, 1.82) is 0 Å². The Labute approximate surface area is 137 Å². The van der Waals surface area contributed by atoms with Gasteiger partial charge in [-0.1, -0.05) is 60.7 Å². The van der Waals surface area contributed by atoms with Crippen molar-refractivity contribution in [1.82, 2.24) is 5.32 Å². The summed E-state index contributed by atoms with van der Waals surface area (Å²) in [7, 11) is -3.53. The lowest BCUT2D eigenvalue weighted by atomic mass is 9.79. The highest BCUT2D eigenvalue weighted by Gasteiger charge is 2.38. The minimum Gasteiger partial charge on any atom is -0.316 e. The molecule has 0 saturated carbocycles. The Hall–Kier alpha value is -1.69. The van der Waals surface area contributed by atoms with Gasteiger partial charge in [0.2, 0.25) is 0 Å². The molecule has 0 bridgehead atoms. The highest BCUT2D eigenvalue weighted by atomic mass is 32.2. The van der Waals surface area contributed by atoms with Crippen LogP contribution in [-0.4, -0.2) is 33.9 Å². The van der Waals surface area contributed by atoms with Gasteiger partial charge in [0.25, 0.3) is 10.1 Å². The van der Waals surface area contributed by atoms with E-state index in [0.29, 0.717) is 0 Å². The summed E-state index contributed by atoms with van der Waals surface area (Å²) >= 11 is 0. The largest absolute Gasteiger partial charge is 0.316 e. The van der Waals surface area contributed by atoms with Gasteiger partial charge in [0.1, 0.15) is 0 Å². The van der Waals surface area contributed by atoms with Gasteiger partial charge in [0, 0.05) is 24.9 Å². The topological polar surface area (TPSA) is 55.4 Å². The average molecular weight is 331 g/mol. The molecule has 4 nitrogen and oxygen atoms in total. The first kappa shape index (κ1) is 16.2. The van der Waals surface area contributed by atoms with Crippen LogP contribution in [0.2, 0.25) is 0 Å². The average Bonchev–Trinajstić information content (AvgIpc) is 2.46. The van der Waals surface area contributed by atoms with E-state index in [4.69, 9.17) is 4.18 Å². The highest BCUT2D eigenvalue weighted by molar-refractivity contribution is 7.86. The maximum Gasteiger partial charge on any atom is 0.264 e. The molecule has 3 rings (SSSR count). The summed E-state index contributed by atoms with van der Waals surface area (Å²) in [5, 5.41) is 3.21. The van der Waals surface area contributed by atoms with Crippen LogP contribution >= 0.6 is 0 Å². The third kappa shape index (κ3) is 3.99. The molecule has 1 unspecified atom stereocenters. The van der Waals surface area contributed by atoms with Crippen LogP contribution in [0.1, 0.15) is 17.0 Å². The SMILES string of the molecule is CS(=O)(=O)OC(C1CNC1)C(c1ccccc1)c1ccccc1. The second kappa shape index (κ2) is 6.83. The summed E-state index contributed by atoms with van der Waals surface area (Å²) < 4.78 is 29.2. The predicted molar refractivity (Wildman–Crippen MR) is 90.8 cm³/mol. The van der Waals surface area contributed by atoms with Crippen molar-refractivity contribution in [2.45, 2.75) is 12.0 Å². The maximum absolute atomic E-state index is 11.8. The first-order valence-electron chi connectivity index (χ1n) is 7.73. The second-order valence-electron chi connectivity index (χ2n) is 5.98. The minimum absolute atomic E-state index is 0.112. The molecule has 1 aliphatic heterocycles. The van der Waals surface area contributed by atoms with Gasteiger partial charge >= 0.3 is 0 Å². The Morgan fingerprint density at radius 1 is 0.957 bits per heavy atom. The van der Waals surface area contributed by atoms with Crippen molar-refractivity contribution < 1.29 is 12.6 Å². The van der Waals surface area contributed by atoms with E-state index in [9.17, 15) is 8.42 Å². The van der Waals surface area contributed by atoms with Crippen molar-refractivity contribution in [3.05, 3.63) is 71.8 Å². The lowest BCUT2D eigenvalue weighted by Crippen LogP contribution is -2.51. The first-order chi connectivity index (χ1) is 11.0. The third-order valence-corrected chi connectivity index (χ3v) is 4.78. The fourth-order valence-electron chi connectivity index (χ4n) is 3.04. The third-order valence-electron chi connectivity index (χ3n) is 4.21. The molecule has 122 valence electrons. The van der Waals surface area contributed by atoms with Crippen LogP contribution in [0.25, 0.3) is 0 Å². The zero-order valence-corrected chi connectivity index (χ0v) is 13.9. The fraction of sp³-hybridized carbons (Fsp3) is 0.333. The molecular weight excluding hydrogens is 310 g/mol. The zero-order valence-electron chi connectivity index (χ0n) is 13.1. The molecule has 0 amide bonds. The van der Waals surface area contributed by atoms with Crippen LogP contribution in [0.4, 0.5) is 0 Å². The smallest absolute Gasteiger partial charge is 0.264 e. The zero-order chi connectivity index (χ0) is 16.3. The molecule has 1 aliphatic rings. The molecule has 23 heavy (non-hydrogen) atoms. The number of nitrogens with one attached hydrogen (secondary N) is 1. The molecule has 1 heterocycles. The molecule has 1 saturated heterocycles. The molecule has 0 aliphatic carbocycles. The monoisotopic (exact) mass is 331 g/mol. The summed E-state index contributed by atoms with van der Waals surface area (Å²) in [5.41, 5.74) is 2.14. The van der Waals surface area contributed by atoms with E-state index in [1.165, 1.54) is 0 Å². The summed E-state index contributed by atoms with van der Waals surface area (Å²) in [5.74, 6) is 0.0642. The molecule has 5 heteroatoms. The van der Waals surface area contributed by atoms with E-state index in [2.05, 4.69) is 5.32 Å². The van der Waals surface area contributed by atoms with Crippen LogP contribution in [0.5, 0.6) is 0 Å². The predicted octanol–water partition coefficient (Wildman–Crippen LogP) is 2.38. The molecule has 1 N–H and O–H groups in total. The van der Waals surface area contributed by atoms with E-state index < -0.39 is 16.2 Å². The van der Waals surface area contributed by atoms with E-state index in [0.717, 1.165) is 30.5 Å². The number of rotatable bonds is 6. The Morgan fingerprint density at radius 2 is 1.43 bits per heavy atom. The number of hydrogen-bond donors (Lipinski definition) is 1. The summed E-state index contributed by atoms with van der Waals surface area (Å²) in [6.07, 6.45) is 0.718. The maximum atomic E-state index is 11.8. The summed E-state index contributed by atoms with van der Waals surface area (Å²) in [4.78, 5) is 0. The summed E-state index contributed by atoms with van der Waals surface area (Å²) in [6, 6.07) is 19.9.